The molecular formula is C17H20N2OS. The van der Waals surface area contributed by atoms with Crippen molar-refractivity contribution in [2.75, 3.05) is 6.61 Å². The van der Waals surface area contributed by atoms with Gasteiger partial charge < -0.3 is 10.1 Å². The Labute approximate surface area is 129 Å². The minimum atomic E-state index is 0.381. The largest absolute Gasteiger partial charge is 0.493 e. The van der Waals surface area contributed by atoms with E-state index < -0.39 is 0 Å². The van der Waals surface area contributed by atoms with Crippen molar-refractivity contribution >= 4 is 11.3 Å². The van der Waals surface area contributed by atoms with Gasteiger partial charge in [0.25, 0.3) is 0 Å². The zero-order chi connectivity index (χ0) is 14.2. The van der Waals surface area contributed by atoms with Crippen molar-refractivity contribution in [3.63, 3.8) is 0 Å². The molecule has 2 aliphatic rings. The van der Waals surface area contributed by atoms with Gasteiger partial charge in [-0.1, -0.05) is 18.2 Å². The number of nitrogens with one attached hydrogen (secondary N) is 1. The van der Waals surface area contributed by atoms with E-state index in [2.05, 4.69) is 35.4 Å². The van der Waals surface area contributed by atoms with E-state index in [9.17, 15) is 0 Å². The van der Waals surface area contributed by atoms with E-state index in [0.29, 0.717) is 12.1 Å². The Kier molecular flexibility index (Phi) is 3.43. The number of nitrogens with zero attached hydrogens (tertiary/aromatic N) is 1. The van der Waals surface area contributed by atoms with E-state index >= 15 is 0 Å². The molecule has 0 spiro atoms. The van der Waals surface area contributed by atoms with Crippen molar-refractivity contribution in [3.05, 3.63) is 45.4 Å². The predicted octanol–water partition coefficient (Wildman–Crippen LogP) is 3.94. The van der Waals surface area contributed by atoms with Crippen LogP contribution in [-0.2, 0) is 6.42 Å². The number of hydrogen-bond acceptors (Lipinski definition) is 4. The van der Waals surface area contributed by atoms with E-state index in [1.165, 1.54) is 41.0 Å². The van der Waals surface area contributed by atoms with Gasteiger partial charge in [0.05, 0.1) is 23.9 Å². The van der Waals surface area contributed by atoms with E-state index in [1.54, 1.807) is 11.3 Å². The molecule has 0 fully saturated rings. The minimum absolute atomic E-state index is 0.381. The van der Waals surface area contributed by atoms with Crippen molar-refractivity contribution in [1.29, 1.82) is 0 Å². The molecule has 4 rings (SSSR count). The fourth-order valence-electron chi connectivity index (χ4n) is 3.51. The Bertz CT molecular complexity index is 652. The first-order chi connectivity index (χ1) is 10.3. The normalized spacial score (nSPS) is 24.0. The highest BCUT2D eigenvalue weighted by Crippen LogP contribution is 2.38. The lowest BCUT2D eigenvalue weighted by atomic mass is 9.93. The second-order valence-electron chi connectivity index (χ2n) is 5.96. The van der Waals surface area contributed by atoms with Crippen LogP contribution in [0.15, 0.2) is 23.7 Å². The quantitative estimate of drug-likeness (QED) is 0.912. The van der Waals surface area contributed by atoms with Gasteiger partial charge in [0.1, 0.15) is 5.75 Å². The molecule has 1 unspecified atom stereocenters. The Morgan fingerprint density at radius 2 is 2.24 bits per heavy atom. The molecular weight excluding hydrogens is 280 g/mol. The molecule has 2 aromatic rings. The first kappa shape index (κ1) is 13.3. The second kappa shape index (κ2) is 5.43. The third kappa shape index (κ3) is 2.36. The average molecular weight is 300 g/mol. The summed E-state index contributed by atoms with van der Waals surface area (Å²) in [6, 6.07) is 7.24. The van der Waals surface area contributed by atoms with Gasteiger partial charge in [-0.15, -0.1) is 11.3 Å². The molecule has 0 saturated carbocycles. The molecule has 0 amide bonds. The highest BCUT2D eigenvalue weighted by molar-refractivity contribution is 7.09. The van der Waals surface area contributed by atoms with Crippen LogP contribution in [0.1, 0.15) is 53.0 Å². The summed E-state index contributed by atoms with van der Waals surface area (Å²) in [5, 5.41) is 3.85. The maximum absolute atomic E-state index is 5.87. The summed E-state index contributed by atoms with van der Waals surface area (Å²) in [7, 11) is 0. The summed E-state index contributed by atoms with van der Waals surface area (Å²) in [4.78, 5) is 6.07. The number of aromatic nitrogens is 1. The molecule has 1 aliphatic carbocycles. The number of thiazole rings is 1. The van der Waals surface area contributed by atoms with Gasteiger partial charge in [0.15, 0.2) is 0 Å². The van der Waals surface area contributed by atoms with Gasteiger partial charge >= 0.3 is 0 Å². The van der Waals surface area contributed by atoms with Crippen LogP contribution in [-0.4, -0.2) is 11.6 Å². The Balaban J connectivity index is 1.62. The summed E-state index contributed by atoms with van der Waals surface area (Å²) in [6.07, 6.45) is 4.68. The summed E-state index contributed by atoms with van der Waals surface area (Å²) in [6.45, 7) is 2.92. The standard InChI is InChI=1S/C17H20N2OS/c1-11-4-2-5-12-13(8-9-20-17(11)12)19-14-6-3-7-15-16(14)18-10-21-15/h2,4-5,10,13-14,19H,3,6-9H2,1H3/t13-,14?/m1/s1. The molecule has 4 heteroatoms. The summed E-state index contributed by atoms with van der Waals surface area (Å²) in [5.41, 5.74) is 5.82. The fraction of sp³-hybridized carbons (Fsp3) is 0.471. The predicted molar refractivity (Wildman–Crippen MR) is 85.0 cm³/mol. The van der Waals surface area contributed by atoms with Crippen molar-refractivity contribution in [3.8, 4) is 5.75 Å². The molecule has 1 aromatic carbocycles. The Morgan fingerprint density at radius 1 is 1.29 bits per heavy atom. The molecule has 21 heavy (non-hydrogen) atoms. The van der Waals surface area contributed by atoms with Crippen molar-refractivity contribution in [2.24, 2.45) is 0 Å². The topological polar surface area (TPSA) is 34.1 Å². The Hall–Kier alpha value is -1.39. The lowest BCUT2D eigenvalue weighted by Crippen LogP contribution is -2.32. The molecule has 1 aromatic heterocycles. The Morgan fingerprint density at radius 3 is 3.19 bits per heavy atom. The molecule has 0 bridgehead atoms. The van der Waals surface area contributed by atoms with Crippen LogP contribution in [0.3, 0.4) is 0 Å². The zero-order valence-electron chi connectivity index (χ0n) is 12.3. The monoisotopic (exact) mass is 300 g/mol. The van der Waals surface area contributed by atoms with Gasteiger partial charge in [0.2, 0.25) is 0 Å². The number of para-hydroxylation sites is 1. The molecule has 1 aliphatic heterocycles. The van der Waals surface area contributed by atoms with E-state index in [-0.39, 0.29) is 0 Å². The third-order valence-corrected chi connectivity index (χ3v) is 5.48. The van der Waals surface area contributed by atoms with E-state index in [1.807, 2.05) is 5.51 Å². The smallest absolute Gasteiger partial charge is 0.126 e. The highest BCUT2D eigenvalue weighted by Gasteiger charge is 2.29. The van der Waals surface area contributed by atoms with Gasteiger partial charge in [-0.25, -0.2) is 4.98 Å². The summed E-state index contributed by atoms with van der Waals surface area (Å²) < 4.78 is 5.87. The van der Waals surface area contributed by atoms with Crippen LogP contribution in [0.25, 0.3) is 0 Å². The van der Waals surface area contributed by atoms with Crippen LogP contribution >= 0.6 is 11.3 Å². The molecule has 0 radical (unpaired) electrons. The van der Waals surface area contributed by atoms with Crippen molar-refractivity contribution in [1.82, 2.24) is 10.3 Å². The number of rotatable bonds is 2. The number of hydrogen-bond donors (Lipinski definition) is 1. The number of ether oxygens (including phenoxy) is 1. The maximum Gasteiger partial charge on any atom is 0.126 e. The van der Waals surface area contributed by atoms with Crippen molar-refractivity contribution < 1.29 is 4.74 Å². The van der Waals surface area contributed by atoms with Crippen LogP contribution < -0.4 is 10.1 Å². The van der Waals surface area contributed by atoms with Gasteiger partial charge in [-0.2, -0.15) is 0 Å². The first-order valence-electron chi connectivity index (χ1n) is 7.73. The number of aryl methyl sites for hydroxylation is 2. The lowest BCUT2D eigenvalue weighted by Gasteiger charge is -2.32. The van der Waals surface area contributed by atoms with Crippen molar-refractivity contribution in [2.45, 2.75) is 44.7 Å². The molecule has 3 nitrogen and oxygen atoms in total. The van der Waals surface area contributed by atoms with Gasteiger partial charge in [-0.3, -0.25) is 0 Å². The molecule has 0 saturated heterocycles. The molecule has 1 N–H and O–H groups in total. The number of fused-ring (bicyclic) bond motifs is 2. The SMILES string of the molecule is Cc1cccc2c1OCC[C@H]2NC1CCCc2scnc21. The molecule has 2 heterocycles. The average Bonchev–Trinajstić information content (AvgIpc) is 2.98. The highest BCUT2D eigenvalue weighted by atomic mass is 32.1. The zero-order valence-corrected chi connectivity index (χ0v) is 13.1. The van der Waals surface area contributed by atoms with Crippen LogP contribution in [0, 0.1) is 6.92 Å². The summed E-state index contributed by atoms with van der Waals surface area (Å²) in [5.74, 6) is 1.08. The minimum Gasteiger partial charge on any atom is -0.493 e. The van der Waals surface area contributed by atoms with Gasteiger partial charge in [0, 0.05) is 22.9 Å². The fourth-order valence-corrected chi connectivity index (χ4v) is 4.38. The number of benzene rings is 1. The van der Waals surface area contributed by atoms with Crippen LogP contribution in [0.5, 0.6) is 5.75 Å². The molecule has 2 atom stereocenters. The van der Waals surface area contributed by atoms with Gasteiger partial charge in [-0.05, 0) is 31.7 Å². The van der Waals surface area contributed by atoms with E-state index in [4.69, 9.17) is 4.74 Å². The second-order valence-corrected chi connectivity index (χ2v) is 6.89. The maximum atomic E-state index is 5.87. The third-order valence-electron chi connectivity index (χ3n) is 4.57. The molecule has 110 valence electrons. The van der Waals surface area contributed by atoms with Crippen LogP contribution in [0.2, 0.25) is 0 Å². The van der Waals surface area contributed by atoms with Crippen LogP contribution in [0.4, 0.5) is 0 Å². The first-order valence-corrected chi connectivity index (χ1v) is 8.61. The van der Waals surface area contributed by atoms with E-state index in [0.717, 1.165) is 18.8 Å². The summed E-state index contributed by atoms with van der Waals surface area (Å²) >= 11 is 1.80. The lowest BCUT2D eigenvalue weighted by molar-refractivity contribution is 0.238.